The molecule has 0 aromatic rings. The van der Waals surface area contributed by atoms with Crippen molar-refractivity contribution in [3.05, 3.63) is 0 Å². The van der Waals surface area contributed by atoms with Crippen molar-refractivity contribution in [2.75, 3.05) is 7.05 Å². The zero-order valence-corrected chi connectivity index (χ0v) is 8.40. The van der Waals surface area contributed by atoms with Crippen LogP contribution < -0.4 is 5.73 Å². The van der Waals surface area contributed by atoms with Crippen molar-refractivity contribution in [2.24, 2.45) is 10.9 Å². The van der Waals surface area contributed by atoms with Gasteiger partial charge in [0.2, 0.25) is 0 Å². The molecule has 0 spiro atoms. The summed E-state index contributed by atoms with van der Waals surface area (Å²) >= 11 is 0. The zero-order valence-electron chi connectivity index (χ0n) is 8.40. The van der Waals surface area contributed by atoms with Crippen molar-refractivity contribution in [1.29, 1.82) is 0 Å². The van der Waals surface area contributed by atoms with Crippen LogP contribution in [0.5, 0.6) is 0 Å². The molecule has 1 saturated carbocycles. The summed E-state index contributed by atoms with van der Waals surface area (Å²) in [5.74, 6) is 0.330. The second kappa shape index (κ2) is 4.46. The topological polar surface area (TPSA) is 61.9 Å². The first-order valence-corrected chi connectivity index (χ1v) is 4.90. The first-order chi connectivity index (χ1) is 6.20. The van der Waals surface area contributed by atoms with Crippen LogP contribution in [0.3, 0.4) is 0 Å². The number of hydrogen-bond donors (Lipinski definition) is 2. The maximum Gasteiger partial charge on any atom is 0.156 e. The first kappa shape index (κ1) is 10.3. The highest BCUT2D eigenvalue weighted by atomic mass is 16.4. The van der Waals surface area contributed by atoms with Gasteiger partial charge in [0.25, 0.3) is 0 Å². The number of nitrogens with zero attached hydrogens (tertiary/aromatic N) is 2. The molecule has 4 heteroatoms. The van der Waals surface area contributed by atoms with E-state index >= 15 is 0 Å². The Balaban J connectivity index is 2.53. The van der Waals surface area contributed by atoms with E-state index < -0.39 is 0 Å². The smallest absolute Gasteiger partial charge is 0.156 e. The predicted molar refractivity (Wildman–Crippen MR) is 52.9 cm³/mol. The van der Waals surface area contributed by atoms with Gasteiger partial charge in [0, 0.05) is 6.04 Å². The molecule has 0 aromatic heterocycles. The highest BCUT2D eigenvalue weighted by Gasteiger charge is 2.28. The minimum Gasteiger partial charge on any atom is -0.409 e. The van der Waals surface area contributed by atoms with Gasteiger partial charge in [-0.25, -0.2) is 0 Å². The van der Waals surface area contributed by atoms with Gasteiger partial charge < -0.3 is 10.9 Å². The molecule has 0 aliphatic heterocycles. The molecule has 0 amide bonds. The molecule has 1 atom stereocenters. The van der Waals surface area contributed by atoms with Gasteiger partial charge in [0.05, 0.1) is 6.04 Å². The summed E-state index contributed by atoms with van der Waals surface area (Å²) in [5, 5.41) is 11.7. The highest BCUT2D eigenvalue weighted by molar-refractivity contribution is 5.85. The van der Waals surface area contributed by atoms with Crippen LogP contribution in [0.25, 0.3) is 0 Å². The van der Waals surface area contributed by atoms with E-state index in [0.29, 0.717) is 11.9 Å². The van der Waals surface area contributed by atoms with Crippen molar-refractivity contribution in [2.45, 2.75) is 44.7 Å². The van der Waals surface area contributed by atoms with Gasteiger partial charge in [0.15, 0.2) is 5.84 Å². The number of hydrogen-bond acceptors (Lipinski definition) is 3. The second-order valence-corrected chi connectivity index (χ2v) is 3.70. The van der Waals surface area contributed by atoms with Gasteiger partial charge in [-0.3, -0.25) is 4.90 Å². The first-order valence-electron chi connectivity index (χ1n) is 4.90. The van der Waals surface area contributed by atoms with Crippen LogP contribution in [0.4, 0.5) is 0 Å². The van der Waals surface area contributed by atoms with Crippen molar-refractivity contribution in [1.82, 2.24) is 4.90 Å². The number of nitrogens with two attached hydrogens (primary N) is 1. The summed E-state index contributed by atoms with van der Waals surface area (Å²) in [7, 11) is 2.05. The van der Waals surface area contributed by atoms with Gasteiger partial charge in [-0.1, -0.05) is 18.5 Å². The van der Waals surface area contributed by atoms with E-state index in [1.54, 1.807) is 0 Å². The second-order valence-electron chi connectivity index (χ2n) is 3.70. The lowest BCUT2D eigenvalue weighted by atomic mass is 9.90. The van der Waals surface area contributed by atoms with Crippen molar-refractivity contribution < 1.29 is 5.21 Å². The quantitative estimate of drug-likeness (QED) is 0.297. The lowest BCUT2D eigenvalue weighted by molar-refractivity contribution is 0.134. The fourth-order valence-corrected chi connectivity index (χ4v) is 1.82. The Bertz CT molecular complexity index is 189. The average molecular weight is 185 g/mol. The number of oxime groups is 1. The minimum absolute atomic E-state index is 0.0929. The van der Waals surface area contributed by atoms with Gasteiger partial charge in [-0.15, -0.1) is 0 Å². The Morgan fingerprint density at radius 3 is 2.62 bits per heavy atom. The molecule has 1 unspecified atom stereocenters. The summed E-state index contributed by atoms with van der Waals surface area (Å²) in [6, 6.07) is 0.723. The third-order valence-corrected chi connectivity index (χ3v) is 2.99. The van der Waals surface area contributed by atoms with E-state index in [2.05, 4.69) is 24.0 Å². The minimum atomic E-state index is 0.0929. The van der Waals surface area contributed by atoms with Gasteiger partial charge in [-0.05, 0) is 26.3 Å². The van der Waals surface area contributed by atoms with E-state index in [1.165, 1.54) is 19.3 Å². The normalized spacial score (nSPS) is 21.6. The molecule has 1 fully saturated rings. The average Bonchev–Trinajstić information content (AvgIpc) is 2.02. The zero-order chi connectivity index (χ0) is 9.84. The Morgan fingerprint density at radius 2 is 2.31 bits per heavy atom. The molecule has 0 heterocycles. The number of amidine groups is 1. The molecule has 3 N–H and O–H groups in total. The van der Waals surface area contributed by atoms with Crippen molar-refractivity contribution in [3.8, 4) is 0 Å². The van der Waals surface area contributed by atoms with E-state index in [-0.39, 0.29) is 6.04 Å². The largest absolute Gasteiger partial charge is 0.409 e. The lowest BCUT2D eigenvalue weighted by Crippen LogP contribution is -2.49. The third-order valence-electron chi connectivity index (χ3n) is 2.99. The van der Waals surface area contributed by atoms with Crippen LogP contribution in [0, 0.1) is 0 Å². The molecule has 1 aliphatic carbocycles. The SMILES string of the molecule is CCC(C(N)=NO)N(C)C1CCC1. The highest BCUT2D eigenvalue weighted by Crippen LogP contribution is 2.25. The summed E-state index contributed by atoms with van der Waals surface area (Å²) in [6.45, 7) is 2.05. The van der Waals surface area contributed by atoms with Crippen LogP contribution in [0.15, 0.2) is 5.16 Å². The molecule has 1 aliphatic rings. The van der Waals surface area contributed by atoms with Crippen molar-refractivity contribution in [3.63, 3.8) is 0 Å². The molecule has 1 rings (SSSR count). The van der Waals surface area contributed by atoms with Crippen LogP contribution in [0.1, 0.15) is 32.6 Å². The number of rotatable bonds is 4. The Hall–Kier alpha value is -0.770. The molecule has 76 valence electrons. The molecule has 4 nitrogen and oxygen atoms in total. The van der Waals surface area contributed by atoms with E-state index in [0.717, 1.165) is 6.42 Å². The fraction of sp³-hybridized carbons (Fsp3) is 0.889. The standard InChI is InChI=1S/C9H19N3O/c1-3-8(9(10)11-13)12(2)7-5-4-6-7/h7-8,13H,3-6H2,1-2H3,(H2,10,11). The van der Waals surface area contributed by atoms with Crippen LogP contribution in [-0.2, 0) is 0 Å². The van der Waals surface area contributed by atoms with E-state index in [1.807, 2.05) is 0 Å². The molecular formula is C9H19N3O. The lowest BCUT2D eigenvalue weighted by Gasteiger charge is -2.39. The summed E-state index contributed by atoms with van der Waals surface area (Å²) in [6.07, 6.45) is 4.68. The van der Waals surface area contributed by atoms with E-state index in [9.17, 15) is 0 Å². The maximum absolute atomic E-state index is 8.59. The third kappa shape index (κ3) is 2.12. The van der Waals surface area contributed by atoms with Gasteiger partial charge >= 0.3 is 0 Å². The summed E-state index contributed by atoms with van der Waals surface area (Å²) in [4.78, 5) is 2.22. The monoisotopic (exact) mass is 185 g/mol. The van der Waals surface area contributed by atoms with Gasteiger partial charge in [-0.2, -0.15) is 0 Å². The summed E-state index contributed by atoms with van der Waals surface area (Å²) < 4.78 is 0. The van der Waals surface area contributed by atoms with Crippen LogP contribution in [-0.4, -0.2) is 35.1 Å². The van der Waals surface area contributed by atoms with Crippen LogP contribution >= 0.6 is 0 Å². The molecule has 0 aromatic carbocycles. The Kier molecular flexibility index (Phi) is 3.54. The number of likely N-dealkylation sites (N-methyl/N-ethyl adjacent to an activating group) is 1. The van der Waals surface area contributed by atoms with Crippen LogP contribution in [0.2, 0.25) is 0 Å². The molecular weight excluding hydrogens is 166 g/mol. The Labute approximate surface area is 79.4 Å². The summed E-state index contributed by atoms with van der Waals surface area (Å²) in [5.41, 5.74) is 5.60. The molecule has 0 bridgehead atoms. The fourth-order valence-electron chi connectivity index (χ4n) is 1.82. The van der Waals surface area contributed by atoms with E-state index in [4.69, 9.17) is 10.9 Å². The molecule has 0 saturated heterocycles. The predicted octanol–water partition coefficient (Wildman–Crippen LogP) is 0.996. The van der Waals surface area contributed by atoms with Crippen molar-refractivity contribution >= 4 is 5.84 Å². The molecule has 13 heavy (non-hydrogen) atoms. The maximum atomic E-state index is 8.59. The Morgan fingerprint density at radius 1 is 1.69 bits per heavy atom. The molecule has 0 radical (unpaired) electrons. The van der Waals surface area contributed by atoms with Gasteiger partial charge in [0.1, 0.15) is 0 Å².